The van der Waals surface area contributed by atoms with Crippen molar-refractivity contribution < 1.29 is 0 Å². The Balaban J connectivity index is 2.74. The van der Waals surface area contributed by atoms with Gasteiger partial charge in [0.05, 0.1) is 0 Å². The molecule has 1 aromatic rings. The molecule has 90 valence electrons. The molecule has 0 fully saturated rings. The molecule has 1 unspecified atom stereocenters. The van der Waals surface area contributed by atoms with Crippen molar-refractivity contribution in [3.05, 3.63) is 35.4 Å². The summed E-state index contributed by atoms with van der Waals surface area (Å²) in [7, 11) is 0. The SMILES string of the molecule is CSCCNC(c1ccccc1C)C(C)C. The summed E-state index contributed by atoms with van der Waals surface area (Å²) >= 11 is 1.89. The highest BCUT2D eigenvalue weighted by atomic mass is 32.2. The van der Waals surface area contributed by atoms with Gasteiger partial charge in [0.25, 0.3) is 0 Å². The molecular weight excluding hydrogens is 214 g/mol. The van der Waals surface area contributed by atoms with Crippen molar-refractivity contribution in [2.24, 2.45) is 5.92 Å². The van der Waals surface area contributed by atoms with Crippen molar-refractivity contribution in [3.63, 3.8) is 0 Å². The van der Waals surface area contributed by atoms with Crippen LogP contribution in [-0.2, 0) is 0 Å². The lowest BCUT2D eigenvalue weighted by atomic mass is 9.93. The van der Waals surface area contributed by atoms with E-state index in [4.69, 9.17) is 0 Å². The van der Waals surface area contributed by atoms with E-state index in [1.165, 1.54) is 16.9 Å². The first-order chi connectivity index (χ1) is 7.66. The number of rotatable bonds is 6. The second-order valence-corrected chi connectivity index (χ2v) is 5.51. The number of thioether (sulfide) groups is 1. The predicted molar refractivity (Wildman–Crippen MR) is 75.1 cm³/mol. The zero-order chi connectivity index (χ0) is 12.0. The Hall–Kier alpha value is -0.470. The Morgan fingerprint density at radius 1 is 1.25 bits per heavy atom. The van der Waals surface area contributed by atoms with Gasteiger partial charge < -0.3 is 5.32 Å². The third kappa shape index (κ3) is 3.84. The second-order valence-electron chi connectivity index (χ2n) is 4.53. The molecule has 1 aromatic carbocycles. The first-order valence-electron chi connectivity index (χ1n) is 5.94. The molecule has 1 nitrogen and oxygen atoms in total. The number of hydrogen-bond donors (Lipinski definition) is 1. The van der Waals surface area contributed by atoms with Crippen LogP contribution in [0.25, 0.3) is 0 Å². The van der Waals surface area contributed by atoms with Gasteiger partial charge in [0.2, 0.25) is 0 Å². The van der Waals surface area contributed by atoms with E-state index in [0.29, 0.717) is 12.0 Å². The molecule has 0 aliphatic carbocycles. The van der Waals surface area contributed by atoms with Crippen LogP contribution in [-0.4, -0.2) is 18.6 Å². The summed E-state index contributed by atoms with van der Waals surface area (Å²) in [6.07, 6.45) is 2.15. The molecule has 0 amide bonds. The van der Waals surface area contributed by atoms with Crippen molar-refractivity contribution in [1.29, 1.82) is 0 Å². The van der Waals surface area contributed by atoms with Crippen molar-refractivity contribution in [2.75, 3.05) is 18.6 Å². The van der Waals surface area contributed by atoms with Crippen LogP contribution in [0.3, 0.4) is 0 Å². The molecule has 0 bridgehead atoms. The monoisotopic (exact) mass is 237 g/mol. The van der Waals surface area contributed by atoms with E-state index in [0.717, 1.165) is 6.54 Å². The topological polar surface area (TPSA) is 12.0 Å². The minimum Gasteiger partial charge on any atom is -0.309 e. The summed E-state index contributed by atoms with van der Waals surface area (Å²) in [5.74, 6) is 1.80. The van der Waals surface area contributed by atoms with Crippen LogP contribution in [0.4, 0.5) is 0 Å². The summed E-state index contributed by atoms with van der Waals surface area (Å²) in [5.41, 5.74) is 2.83. The van der Waals surface area contributed by atoms with Gasteiger partial charge in [-0.2, -0.15) is 11.8 Å². The zero-order valence-corrected chi connectivity index (χ0v) is 11.6. The first-order valence-corrected chi connectivity index (χ1v) is 7.34. The van der Waals surface area contributed by atoms with E-state index < -0.39 is 0 Å². The molecule has 1 atom stereocenters. The molecule has 1 rings (SSSR count). The fraction of sp³-hybridized carbons (Fsp3) is 0.571. The lowest BCUT2D eigenvalue weighted by Crippen LogP contribution is -2.28. The van der Waals surface area contributed by atoms with Crippen LogP contribution < -0.4 is 5.32 Å². The average Bonchev–Trinajstić information content (AvgIpc) is 2.25. The van der Waals surface area contributed by atoms with Gasteiger partial charge in [-0.05, 0) is 30.2 Å². The lowest BCUT2D eigenvalue weighted by molar-refractivity contribution is 0.421. The molecule has 16 heavy (non-hydrogen) atoms. The standard InChI is InChI=1S/C14H23NS/c1-11(2)14(15-9-10-16-4)13-8-6-5-7-12(13)3/h5-8,11,14-15H,9-10H2,1-4H3. The van der Waals surface area contributed by atoms with E-state index in [1.54, 1.807) is 0 Å². The summed E-state index contributed by atoms with van der Waals surface area (Å²) in [5, 5.41) is 3.66. The molecule has 0 aliphatic heterocycles. The summed E-state index contributed by atoms with van der Waals surface area (Å²) in [6, 6.07) is 9.16. The molecule has 0 radical (unpaired) electrons. The predicted octanol–water partition coefficient (Wildman–Crippen LogP) is 3.64. The highest BCUT2D eigenvalue weighted by Gasteiger charge is 2.16. The number of benzene rings is 1. The Bertz CT molecular complexity index is 309. The molecule has 2 heteroatoms. The van der Waals surface area contributed by atoms with E-state index in [2.05, 4.69) is 56.6 Å². The van der Waals surface area contributed by atoms with E-state index in [9.17, 15) is 0 Å². The lowest BCUT2D eigenvalue weighted by Gasteiger charge is -2.24. The van der Waals surface area contributed by atoms with Gasteiger partial charge in [-0.15, -0.1) is 0 Å². The maximum atomic E-state index is 3.66. The maximum Gasteiger partial charge on any atom is 0.0346 e. The van der Waals surface area contributed by atoms with E-state index in [-0.39, 0.29) is 0 Å². The summed E-state index contributed by atoms with van der Waals surface area (Å²) < 4.78 is 0. The fourth-order valence-corrected chi connectivity index (χ4v) is 2.28. The minimum absolute atomic E-state index is 0.480. The highest BCUT2D eigenvalue weighted by molar-refractivity contribution is 7.98. The highest BCUT2D eigenvalue weighted by Crippen LogP contribution is 2.24. The molecule has 0 aliphatic rings. The van der Waals surface area contributed by atoms with Crippen LogP contribution in [0.15, 0.2) is 24.3 Å². The summed E-state index contributed by atoms with van der Waals surface area (Å²) in [6.45, 7) is 7.84. The molecule has 0 saturated carbocycles. The first kappa shape index (κ1) is 13.6. The van der Waals surface area contributed by atoms with Crippen LogP contribution in [0.5, 0.6) is 0 Å². The minimum atomic E-state index is 0.480. The van der Waals surface area contributed by atoms with E-state index >= 15 is 0 Å². The third-order valence-corrected chi connectivity index (χ3v) is 3.47. The Kier molecular flexibility index (Phi) is 5.93. The largest absolute Gasteiger partial charge is 0.309 e. The molecule has 0 saturated heterocycles. The molecule has 0 aromatic heterocycles. The summed E-state index contributed by atoms with van der Waals surface area (Å²) in [4.78, 5) is 0. The molecule has 0 spiro atoms. The number of hydrogen-bond acceptors (Lipinski definition) is 2. The number of aryl methyl sites for hydroxylation is 1. The molecule has 1 N–H and O–H groups in total. The third-order valence-electron chi connectivity index (χ3n) is 2.86. The Morgan fingerprint density at radius 2 is 1.94 bits per heavy atom. The zero-order valence-electron chi connectivity index (χ0n) is 10.8. The Labute approximate surface area is 104 Å². The van der Waals surface area contributed by atoms with Gasteiger partial charge in [0.1, 0.15) is 0 Å². The second kappa shape index (κ2) is 6.97. The van der Waals surface area contributed by atoms with Gasteiger partial charge in [-0.25, -0.2) is 0 Å². The van der Waals surface area contributed by atoms with Crippen LogP contribution in [0.2, 0.25) is 0 Å². The van der Waals surface area contributed by atoms with Gasteiger partial charge >= 0.3 is 0 Å². The van der Waals surface area contributed by atoms with Gasteiger partial charge in [0.15, 0.2) is 0 Å². The van der Waals surface area contributed by atoms with Crippen LogP contribution >= 0.6 is 11.8 Å². The van der Waals surface area contributed by atoms with Gasteiger partial charge in [0, 0.05) is 18.3 Å². The van der Waals surface area contributed by atoms with Gasteiger partial charge in [-0.3, -0.25) is 0 Å². The van der Waals surface area contributed by atoms with Crippen LogP contribution in [0.1, 0.15) is 31.0 Å². The maximum absolute atomic E-state index is 3.66. The molecule has 0 heterocycles. The normalized spacial score (nSPS) is 13.1. The van der Waals surface area contributed by atoms with Crippen LogP contribution in [0, 0.1) is 12.8 Å². The van der Waals surface area contributed by atoms with Crippen molar-refractivity contribution in [3.8, 4) is 0 Å². The smallest absolute Gasteiger partial charge is 0.0346 e. The van der Waals surface area contributed by atoms with Crippen molar-refractivity contribution in [2.45, 2.75) is 26.8 Å². The molecular formula is C14H23NS. The number of nitrogens with one attached hydrogen (secondary N) is 1. The quantitative estimate of drug-likeness (QED) is 0.758. The van der Waals surface area contributed by atoms with Gasteiger partial charge in [-0.1, -0.05) is 38.1 Å². The fourth-order valence-electron chi connectivity index (χ4n) is 1.96. The van der Waals surface area contributed by atoms with Crippen molar-refractivity contribution >= 4 is 11.8 Å². The van der Waals surface area contributed by atoms with E-state index in [1.807, 2.05) is 11.8 Å². The average molecular weight is 237 g/mol. The van der Waals surface area contributed by atoms with Crippen molar-refractivity contribution in [1.82, 2.24) is 5.32 Å². The Morgan fingerprint density at radius 3 is 2.50 bits per heavy atom.